The zero-order valence-corrected chi connectivity index (χ0v) is 15.8. The molecule has 1 aliphatic heterocycles. The lowest BCUT2D eigenvalue weighted by molar-refractivity contribution is 0.275. The average Bonchev–Trinajstić information content (AvgIpc) is 2.72. The lowest BCUT2D eigenvalue weighted by atomic mass is 9.95. The number of phenols is 1. The molecule has 0 aliphatic carbocycles. The van der Waals surface area contributed by atoms with Crippen LogP contribution < -0.4 is 15.5 Å². The van der Waals surface area contributed by atoms with Crippen molar-refractivity contribution in [1.82, 2.24) is 5.32 Å². The Morgan fingerprint density at radius 3 is 2.82 bits per heavy atom. The maximum Gasteiger partial charge on any atom is 0.197 e. The summed E-state index contributed by atoms with van der Waals surface area (Å²) in [4.78, 5) is 12.5. The Labute approximate surface area is 164 Å². The first-order valence-electron chi connectivity index (χ1n) is 9.90. The highest BCUT2D eigenvalue weighted by atomic mass is 16.5. The minimum absolute atomic E-state index is 0.114. The molecule has 0 radical (unpaired) electrons. The normalized spacial score (nSPS) is 16.9. The third kappa shape index (κ3) is 4.20. The van der Waals surface area contributed by atoms with Crippen molar-refractivity contribution in [3.8, 4) is 22.8 Å². The van der Waals surface area contributed by atoms with Crippen LogP contribution in [0.4, 0.5) is 0 Å². The van der Waals surface area contributed by atoms with Gasteiger partial charge in [0.15, 0.2) is 5.43 Å². The molecular weight excluding hydrogens is 354 g/mol. The third-order valence-electron chi connectivity index (χ3n) is 5.27. The fourth-order valence-corrected chi connectivity index (χ4v) is 3.80. The minimum atomic E-state index is -0.269. The number of phenolic OH excluding ortho intramolecular Hbond substituents is 1. The predicted octanol–water partition coefficient (Wildman–Crippen LogP) is 4.32. The van der Waals surface area contributed by atoms with E-state index >= 15 is 0 Å². The highest BCUT2D eigenvalue weighted by Crippen LogP contribution is 2.31. The maximum absolute atomic E-state index is 12.5. The van der Waals surface area contributed by atoms with Gasteiger partial charge in [-0.15, -0.1) is 0 Å². The Bertz CT molecular complexity index is 991. The van der Waals surface area contributed by atoms with E-state index in [1.54, 1.807) is 6.07 Å². The molecule has 0 bridgehead atoms. The van der Waals surface area contributed by atoms with Crippen LogP contribution in [0.15, 0.2) is 57.7 Å². The second kappa shape index (κ2) is 8.48. The van der Waals surface area contributed by atoms with Gasteiger partial charge in [-0.3, -0.25) is 4.79 Å². The van der Waals surface area contributed by atoms with Gasteiger partial charge < -0.3 is 19.6 Å². The van der Waals surface area contributed by atoms with E-state index in [0.717, 1.165) is 31.5 Å². The van der Waals surface area contributed by atoms with Crippen LogP contribution in [0.25, 0.3) is 22.3 Å². The number of fused-ring (bicyclic) bond motifs is 1. The zero-order chi connectivity index (χ0) is 19.3. The van der Waals surface area contributed by atoms with E-state index in [-0.39, 0.29) is 16.6 Å². The van der Waals surface area contributed by atoms with E-state index < -0.39 is 0 Å². The molecule has 5 nitrogen and oxygen atoms in total. The van der Waals surface area contributed by atoms with Crippen LogP contribution >= 0.6 is 0 Å². The first-order chi connectivity index (χ1) is 13.7. The summed E-state index contributed by atoms with van der Waals surface area (Å²) < 4.78 is 11.7. The number of piperidine rings is 1. The van der Waals surface area contributed by atoms with Gasteiger partial charge in [0.05, 0.1) is 6.61 Å². The van der Waals surface area contributed by atoms with Crippen LogP contribution in [0.5, 0.6) is 11.5 Å². The first-order valence-corrected chi connectivity index (χ1v) is 9.90. The summed E-state index contributed by atoms with van der Waals surface area (Å²) in [5.41, 5.74) is 0.875. The Morgan fingerprint density at radius 2 is 2.04 bits per heavy atom. The summed E-state index contributed by atoms with van der Waals surface area (Å²) in [6.07, 6.45) is 4.60. The quantitative estimate of drug-likeness (QED) is 0.624. The Hall–Kier alpha value is -2.79. The topological polar surface area (TPSA) is 71.7 Å². The number of hydrogen-bond acceptors (Lipinski definition) is 5. The van der Waals surface area contributed by atoms with Crippen molar-refractivity contribution in [2.75, 3.05) is 19.7 Å². The van der Waals surface area contributed by atoms with Gasteiger partial charge in [-0.1, -0.05) is 30.3 Å². The molecule has 1 aromatic heterocycles. The van der Waals surface area contributed by atoms with Gasteiger partial charge in [0.1, 0.15) is 28.2 Å². The number of rotatable bonds is 6. The smallest absolute Gasteiger partial charge is 0.197 e. The monoisotopic (exact) mass is 379 g/mol. The molecule has 2 aromatic carbocycles. The predicted molar refractivity (Wildman–Crippen MR) is 110 cm³/mol. The largest absolute Gasteiger partial charge is 0.507 e. The Morgan fingerprint density at radius 1 is 1.18 bits per heavy atom. The lowest BCUT2D eigenvalue weighted by Crippen LogP contribution is -2.29. The van der Waals surface area contributed by atoms with Gasteiger partial charge in [0, 0.05) is 23.8 Å². The second-order valence-electron chi connectivity index (χ2n) is 7.36. The number of nitrogens with one attached hydrogen (secondary N) is 1. The van der Waals surface area contributed by atoms with E-state index in [1.807, 2.05) is 30.3 Å². The molecule has 2 N–H and O–H groups in total. The molecule has 0 saturated carbocycles. The van der Waals surface area contributed by atoms with Gasteiger partial charge in [0.2, 0.25) is 0 Å². The molecule has 1 unspecified atom stereocenters. The average molecular weight is 379 g/mol. The Kier molecular flexibility index (Phi) is 5.63. The van der Waals surface area contributed by atoms with Gasteiger partial charge in [-0.2, -0.15) is 0 Å². The van der Waals surface area contributed by atoms with Gasteiger partial charge in [-0.05, 0) is 44.7 Å². The minimum Gasteiger partial charge on any atom is -0.507 e. The maximum atomic E-state index is 12.5. The fraction of sp³-hybridized carbons (Fsp3) is 0.348. The summed E-state index contributed by atoms with van der Waals surface area (Å²) >= 11 is 0. The molecule has 0 spiro atoms. The van der Waals surface area contributed by atoms with Crippen LogP contribution in [-0.4, -0.2) is 24.8 Å². The molecule has 1 saturated heterocycles. The van der Waals surface area contributed by atoms with Crippen molar-refractivity contribution in [1.29, 1.82) is 0 Å². The van der Waals surface area contributed by atoms with E-state index in [4.69, 9.17) is 9.15 Å². The summed E-state index contributed by atoms with van der Waals surface area (Å²) in [6.45, 7) is 2.79. The molecule has 1 aliphatic rings. The van der Waals surface area contributed by atoms with Gasteiger partial charge in [0.25, 0.3) is 0 Å². The summed E-state index contributed by atoms with van der Waals surface area (Å²) in [7, 11) is 0. The third-order valence-corrected chi connectivity index (χ3v) is 5.27. The molecule has 1 atom stereocenters. The lowest BCUT2D eigenvalue weighted by Gasteiger charge is -2.22. The van der Waals surface area contributed by atoms with Gasteiger partial charge in [-0.25, -0.2) is 0 Å². The molecule has 1 fully saturated rings. The second-order valence-corrected chi connectivity index (χ2v) is 7.36. The molecular formula is C23H25NO4. The van der Waals surface area contributed by atoms with Crippen LogP contribution in [0.3, 0.4) is 0 Å². The van der Waals surface area contributed by atoms with E-state index in [1.165, 1.54) is 25.0 Å². The number of benzene rings is 2. The highest BCUT2D eigenvalue weighted by molar-refractivity contribution is 5.86. The molecule has 0 amide bonds. The Balaban J connectivity index is 1.50. The molecule has 28 heavy (non-hydrogen) atoms. The number of aromatic hydroxyl groups is 1. The van der Waals surface area contributed by atoms with Crippen molar-refractivity contribution in [3.05, 3.63) is 58.8 Å². The fourth-order valence-electron chi connectivity index (χ4n) is 3.80. The first kappa shape index (κ1) is 18.6. The molecule has 4 rings (SSSR count). The van der Waals surface area contributed by atoms with Crippen molar-refractivity contribution in [3.63, 3.8) is 0 Å². The van der Waals surface area contributed by atoms with Crippen molar-refractivity contribution < 1.29 is 14.3 Å². The van der Waals surface area contributed by atoms with Crippen LogP contribution in [0.1, 0.15) is 25.7 Å². The summed E-state index contributed by atoms with van der Waals surface area (Å²) in [6, 6.07) is 14.0. The molecule has 146 valence electrons. The molecule has 3 aromatic rings. The van der Waals surface area contributed by atoms with Crippen molar-refractivity contribution in [2.45, 2.75) is 25.7 Å². The highest BCUT2D eigenvalue weighted by Gasteiger charge is 2.14. The summed E-state index contributed by atoms with van der Waals surface area (Å²) in [5, 5.41) is 13.9. The van der Waals surface area contributed by atoms with Crippen LogP contribution in [0.2, 0.25) is 0 Å². The number of hydrogen-bond donors (Lipinski definition) is 2. The van der Waals surface area contributed by atoms with Crippen LogP contribution in [0, 0.1) is 5.92 Å². The van der Waals surface area contributed by atoms with Gasteiger partial charge >= 0.3 is 0 Å². The number of ether oxygens (including phenoxy) is 1. The standard InChI is InChI=1S/C23H25NO4/c25-19-12-18(27-11-5-7-16-6-4-10-24-15-16)13-22-23(19)20(26)14-21(28-22)17-8-2-1-3-9-17/h1-3,8-9,12-14,16,24-25H,4-7,10-11,15H2. The molecule has 2 heterocycles. The SMILES string of the molecule is O=c1cc(-c2ccccc2)oc2cc(OCCCC3CCCNC3)cc(O)c12. The molecule has 5 heteroatoms. The van der Waals surface area contributed by atoms with E-state index in [9.17, 15) is 9.90 Å². The zero-order valence-electron chi connectivity index (χ0n) is 15.8. The van der Waals surface area contributed by atoms with Crippen molar-refractivity contribution in [2.24, 2.45) is 5.92 Å². The van der Waals surface area contributed by atoms with E-state index in [2.05, 4.69) is 5.32 Å². The van der Waals surface area contributed by atoms with E-state index in [0.29, 0.717) is 29.6 Å². The summed E-state index contributed by atoms with van der Waals surface area (Å²) in [5.74, 6) is 1.59. The van der Waals surface area contributed by atoms with Crippen LogP contribution in [-0.2, 0) is 0 Å². The van der Waals surface area contributed by atoms with Crippen molar-refractivity contribution >= 4 is 11.0 Å².